The second-order valence-corrected chi connectivity index (χ2v) is 5.39. The highest BCUT2D eigenvalue weighted by Gasteiger charge is 2.33. The van der Waals surface area contributed by atoms with Crippen molar-refractivity contribution in [1.29, 1.82) is 0 Å². The maximum absolute atomic E-state index is 12.4. The van der Waals surface area contributed by atoms with Crippen LogP contribution in [0.4, 0.5) is 0 Å². The summed E-state index contributed by atoms with van der Waals surface area (Å²) in [6.45, 7) is 2.45. The molecular weight excluding hydrogens is 272 g/mol. The van der Waals surface area contributed by atoms with Gasteiger partial charge in [-0.25, -0.2) is 0 Å². The van der Waals surface area contributed by atoms with Crippen LogP contribution in [0, 0.1) is 6.92 Å². The predicted octanol–water partition coefficient (Wildman–Crippen LogP) is 2.30. The summed E-state index contributed by atoms with van der Waals surface area (Å²) in [7, 11) is 0. The molecule has 0 saturated carbocycles. The van der Waals surface area contributed by atoms with Crippen LogP contribution in [-0.2, 0) is 0 Å². The first-order valence-electron chi connectivity index (χ1n) is 7.11. The molecule has 6 nitrogen and oxygen atoms in total. The van der Waals surface area contributed by atoms with Crippen LogP contribution in [0.15, 0.2) is 33.4 Å². The maximum atomic E-state index is 12.4. The molecule has 1 N–H and O–H groups in total. The minimum atomic E-state index is -0.699. The smallest absolute Gasteiger partial charge is 0.292 e. The number of hydrogen-bond acceptors (Lipinski definition) is 5. The molecule has 0 radical (unpaired) electrons. The van der Waals surface area contributed by atoms with Gasteiger partial charge in [0.1, 0.15) is 11.9 Å². The number of amides is 1. The van der Waals surface area contributed by atoms with Crippen molar-refractivity contribution >= 4 is 5.91 Å². The Labute approximate surface area is 122 Å². The number of aliphatic hydroxyl groups is 1. The van der Waals surface area contributed by atoms with Gasteiger partial charge in [0, 0.05) is 25.1 Å². The third kappa shape index (κ3) is 2.85. The van der Waals surface area contributed by atoms with Crippen molar-refractivity contribution in [2.24, 2.45) is 0 Å². The van der Waals surface area contributed by atoms with Crippen molar-refractivity contribution in [3.05, 3.63) is 41.7 Å². The predicted molar refractivity (Wildman–Crippen MR) is 73.6 cm³/mol. The number of hydrogen-bond donors (Lipinski definition) is 1. The van der Waals surface area contributed by atoms with E-state index in [1.165, 1.54) is 6.26 Å². The Kier molecular flexibility index (Phi) is 3.79. The Morgan fingerprint density at radius 3 is 3.14 bits per heavy atom. The monoisotopic (exact) mass is 290 g/mol. The Balaban J connectivity index is 1.69. The summed E-state index contributed by atoms with van der Waals surface area (Å²) in [6, 6.07) is 5.11. The number of likely N-dealkylation sites (tertiary alicyclic amines) is 1. The highest BCUT2D eigenvalue weighted by molar-refractivity contribution is 5.91. The first kappa shape index (κ1) is 13.9. The lowest BCUT2D eigenvalue weighted by molar-refractivity contribution is 0.0604. The van der Waals surface area contributed by atoms with Crippen LogP contribution in [-0.4, -0.2) is 33.7 Å². The molecule has 1 aliphatic rings. The third-order valence-electron chi connectivity index (χ3n) is 3.84. The summed E-state index contributed by atoms with van der Waals surface area (Å²) in [5.41, 5.74) is 0.685. The van der Waals surface area contributed by atoms with Gasteiger partial charge < -0.3 is 18.9 Å². The summed E-state index contributed by atoms with van der Waals surface area (Å²) in [6.07, 6.45) is 3.10. The number of aliphatic hydroxyl groups excluding tert-OH is 1. The summed E-state index contributed by atoms with van der Waals surface area (Å²) < 4.78 is 10.2. The van der Waals surface area contributed by atoms with Crippen molar-refractivity contribution in [3.63, 3.8) is 0 Å². The normalized spacial score (nSPS) is 19.9. The summed E-state index contributed by atoms with van der Waals surface area (Å²) in [5, 5.41) is 13.9. The zero-order valence-electron chi connectivity index (χ0n) is 11.9. The van der Waals surface area contributed by atoms with Gasteiger partial charge in [-0.05, 0) is 31.9 Å². The van der Waals surface area contributed by atoms with E-state index >= 15 is 0 Å². The average molecular weight is 290 g/mol. The topological polar surface area (TPSA) is 79.7 Å². The summed E-state index contributed by atoms with van der Waals surface area (Å²) in [5.74, 6) is 0.626. The quantitative estimate of drug-likeness (QED) is 0.934. The highest BCUT2D eigenvalue weighted by Crippen LogP contribution is 2.28. The van der Waals surface area contributed by atoms with E-state index in [0.29, 0.717) is 24.4 Å². The van der Waals surface area contributed by atoms with E-state index in [-0.39, 0.29) is 17.7 Å². The summed E-state index contributed by atoms with van der Waals surface area (Å²) >= 11 is 0. The minimum Gasteiger partial charge on any atom is -0.467 e. The van der Waals surface area contributed by atoms with Crippen molar-refractivity contribution in [2.75, 3.05) is 6.54 Å². The van der Waals surface area contributed by atoms with Crippen LogP contribution in [0.1, 0.15) is 47.4 Å². The Hall–Kier alpha value is -2.08. The van der Waals surface area contributed by atoms with Gasteiger partial charge >= 0.3 is 0 Å². The highest BCUT2D eigenvalue weighted by atomic mass is 16.5. The van der Waals surface area contributed by atoms with Crippen LogP contribution in [0.25, 0.3) is 0 Å². The molecule has 112 valence electrons. The van der Waals surface area contributed by atoms with E-state index in [9.17, 15) is 9.90 Å². The number of aryl methyl sites for hydroxylation is 1. The lowest BCUT2D eigenvalue weighted by Gasteiger charge is -2.25. The Morgan fingerprint density at radius 2 is 2.48 bits per heavy atom. The molecule has 2 atom stereocenters. The number of carbonyl (C=O) groups is 1. The van der Waals surface area contributed by atoms with Gasteiger partial charge in [-0.1, -0.05) is 5.16 Å². The maximum Gasteiger partial charge on any atom is 0.292 e. The minimum absolute atomic E-state index is 0.0111. The number of rotatable bonds is 4. The molecular formula is C15H18N2O4. The number of furan rings is 1. The largest absolute Gasteiger partial charge is 0.467 e. The zero-order valence-corrected chi connectivity index (χ0v) is 11.9. The van der Waals surface area contributed by atoms with Crippen LogP contribution in [0.2, 0.25) is 0 Å². The fraction of sp³-hybridized carbons (Fsp3) is 0.467. The molecule has 1 aliphatic heterocycles. The van der Waals surface area contributed by atoms with Gasteiger partial charge in [0.15, 0.2) is 0 Å². The van der Waals surface area contributed by atoms with Crippen molar-refractivity contribution < 1.29 is 18.8 Å². The van der Waals surface area contributed by atoms with Crippen LogP contribution in [0.5, 0.6) is 0 Å². The first-order chi connectivity index (χ1) is 10.1. The van der Waals surface area contributed by atoms with E-state index in [0.717, 1.165) is 12.8 Å². The molecule has 1 fully saturated rings. The van der Waals surface area contributed by atoms with E-state index in [4.69, 9.17) is 8.94 Å². The molecule has 1 amide bonds. The molecule has 2 aromatic rings. The van der Waals surface area contributed by atoms with Gasteiger partial charge in [0.2, 0.25) is 5.76 Å². The van der Waals surface area contributed by atoms with E-state index in [2.05, 4.69) is 5.16 Å². The second kappa shape index (κ2) is 5.73. The lowest BCUT2D eigenvalue weighted by Crippen LogP contribution is -2.36. The van der Waals surface area contributed by atoms with Gasteiger partial charge in [0.05, 0.1) is 12.0 Å². The Bertz CT molecular complexity index is 605. The number of aromatic nitrogens is 1. The molecule has 0 aromatic carbocycles. The molecule has 0 spiro atoms. The van der Waals surface area contributed by atoms with E-state index in [1.54, 1.807) is 30.0 Å². The second-order valence-electron chi connectivity index (χ2n) is 5.39. The molecule has 6 heteroatoms. The standard InChI is InChI=1S/C15H18N2O4/c1-10-8-14(21-16-10)15(19)17-6-2-4-11(17)9-12(18)13-5-3-7-20-13/h3,5,7-8,11-12,18H,2,4,6,9H2,1H3. The van der Waals surface area contributed by atoms with Gasteiger partial charge in [0.25, 0.3) is 5.91 Å². The molecule has 3 heterocycles. The first-order valence-corrected chi connectivity index (χ1v) is 7.11. The fourth-order valence-electron chi connectivity index (χ4n) is 2.81. The van der Waals surface area contributed by atoms with Crippen LogP contribution < -0.4 is 0 Å². The van der Waals surface area contributed by atoms with Gasteiger partial charge in [-0.3, -0.25) is 4.79 Å². The van der Waals surface area contributed by atoms with E-state index < -0.39 is 6.10 Å². The van der Waals surface area contributed by atoms with Crippen molar-refractivity contribution in [2.45, 2.75) is 38.3 Å². The summed E-state index contributed by atoms with van der Waals surface area (Å²) in [4.78, 5) is 14.2. The molecule has 2 unspecified atom stereocenters. The molecule has 3 rings (SSSR count). The van der Waals surface area contributed by atoms with Crippen LogP contribution >= 0.6 is 0 Å². The van der Waals surface area contributed by atoms with Crippen molar-refractivity contribution in [3.8, 4) is 0 Å². The van der Waals surface area contributed by atoms with Gasteiger partial charge in [-0.15, -0.1) is 0 Å². The zero-order chi connectivity index (χ0) is 14.8. The fourth-order valence-corrected chi connectivity index (χ4v) is 2.81. The molecule has 0 bridgehead atoms. The third-order valence-corrected chi connectivity index (χ3v) is 3.84. The molecule has 2 aromatic heterocycles. The molecule has 1 saturated heterocycles. The number of carbonyl (C=O) groups excluding carboxylic acids is 1. The SMILES string of the molecule is Cc1cc(C(=O)N2CCCC2CC(O)c2ccco2)on1. The van der Waals surface area contributed by atoms with Crippen molar-refractivity contribution in [1.82, 2.24) is 10.1 Å². The lowest BCUT2D eigenvalue weighted by atomic mass is 10.0. The van der Waals surface area contributed by atoms with E-state index in [1.807, 2.05) is 0 Å². The number of nitrogens with zero attached hydrogens (tertiary/aromatic N) is 2. The van der Waals surface area contributed by atoms with Crippen LogP contribution in [0.3, 0.4) is 0 Å². The Morgan fingerprint density at radius 1 is 1.62 bits per heavy atom. The molecule has 0 aliphatic carbocycles. The van der Waals surface area contributed by atoms with Gasteiger partial charge in [-0.2, -0.15) is 0 Å². The average Bonchev–Trinajstić information content (AvgIpc) is 3.18. The molecule has 21 heavy (non-hydrogen) atoms.